The van der Waals surface area contributed by atoms with Crippen molar-refractivity contribution >= 4 is 22.9 Å². The summed E-state index contributed by atoms with van der Waals surface area (Å²) in [4.78, 5) is 5.51. The van der Waals surface area contributed by atoms with Crippen molar-refractivity contribution in [3.8, 4) is 0 Å². The number of nitrogens with zero attached hydrogens (tertiary/aromatic N) is 1. The summed E-state index contributed by atoms with van der Waals surface area (Å²) in [5.41, 5.74) is 1.51. The van der Waals surface area contributed by atoms with Gasteiger partial charge in [0.05, 0.1) is 16.8 Å². The first-order chi connectivity index (χ1) is 8.47. The molecule has 2 rings (SSSR count). The Morgan fingerprint density at radius 3 is 2.72 bits per heavy atom. The Kier molecular flexibility index (Phi) is 4.00. The van der Waals surface area contributed by atoms with Crippen LogP contribution in [-0.4, -0.2) is 10.1 Å². The Balaban J connectivity index is 2.19. The summed E-state index contributed by atoms with van der Waals surface area (Å²) in [6.45, 7) is 3.93. The number of aryl methyl sites for hydroxylation is 2. The molecule has 0 amide bonds. The predicted octanol–water partition coefficient (Wildman–Crippen LogP) is 3.83. The first kappa shape index (κ1) is 13.5. The average Bonchev–Trinajstić information content (AvgIpc) is 2.57. The van der Waals surface area contributed by atoms with Gasteiger partial charge in [0.1, 0.15) is 5.82 Å². The monoisotopic (exact) mass is 285 g/mol. The number of aliphatic hydroxyl groups is 1. The van der Waals surface area contributed by atoms with Crippen molar-refractivity contribution in [3.63, 3.8) is 0 Å². The van der Waals surface area contributed by atoms with Crippen LogP contribution in [0.3, 0.4) is 0 Å². The van der Waals surface area contributed by atoms with Crippen molar-refractivity contribution in [2.24, 2.45) is 0 Å². The van der Waals surface area contributed by atoms with Gasteiger partial charge in [0.25, 0.3) is 0 Å². The molecule has 0 radical (unpaired) electrons. The van der Waals surface area contributed by atoms with E-state index in [1.807, 2.05) is 13.8 Å². The minimum atomic E-state index is -0.761. The number of benzene rings is 1. The van der Waals surface area contributed by atoms with E-state index in [1.165, 1.54) is 18.2 Å². The van der Waals surface area contributed by atoms with Crippen molar-refractivity contribution in [1.29, 1.82) is 0 Å². The van der Waals surface area contributed by atoms with E-state index in [-0.39, 0.29) is 5.02 Å². The van der Waals surface area contributed by atoms with Crippen LogP contribution in [0.5, 0.6) is 0 Å². The minimum absolute atomic E-state index is 0.243. The summed E-state index contributed by atoms with van der Waals surface area (Å²) in [6, 6.07) is 4.01. The van der Waals surface area contributed by atoms with Crippen LogP contribution in [0.4, 0.5) is 4.39 Å². The highest BCUT2D eigenvalue weighted by Gasteiger charge is 2.15. The van der Waals surface area contributed by atoms with Gasteiger partial charge < -0.3 is 5.11 Å². The molecule has 2 nitrogen and oxygen atoms in total. The van der Waals surface area contributed by atoms with Crippen LogP contribution in [0.1, 0.15) is 27.2 Å². The van der Waals surface area contributed by atoms with Gasteiger partial charge in [-0.15, -0.1) is 11.3 Å². The molecule has 0 aliphatic heterocycles. The Bertz CT molecular complexity index is 551. The molecule has 0 aliphatic carbocycles. The quantitative estimate of drug-likeness (QED) is 0.930. The van der Waals surface area contributed by atoms with Crippen LogP contribution >= 0.6 is 22.9 Å². The van der Waals surface area contributed by atoms with E-state index in [2.05, 4.69) is 4.98 Å². The summed E-state index contributed by atoms with van der Waals surface area (Å²) >= 11 is 7.47. The lowest BCUT2D eigenvalue weighted by Crippen LogP contribution is -2.02. The van der Waals surface area contributed by atoms with Crippen LogP contribution in [0.2, 0.25) is 5.02 Å². The molecule has 0 spiro atoms. The standard InChI is InChI=1S/C13H13ClFNOS/c1-7-8(2)18-13(16-7)6-12(17)10-4-3-9(15)5-11(10)14/h3-5,12,17H,6H2,1-2H3. The Labute approximate surface area is 114 Å². The number of halogens is 2. The van der Waals surface area contributed by atoms with Gasteiger partial charge in [0, 0.05) is 16.3 Å². The molecule has 0 bridgehead atoms. The van der Waals surface area contributed by atoms with Crippen molar-refractivity contribution in [2.45, 2.75) is 26.4 Å². The van der Waals surface area contributed by atoms with Gasteiger partial charge >= 0.3 is 0 Å². The lowest BCUT2D eigenvalue weighted by atomic mass is 10.1. The van der Waals surface area contributed by atoms with Crippen LogP contribution < -0.4 is 0 Å². The predicted molar refractivity (Wildman–Crippen MR) is 71.7 cm³/mol. The normalized spacial score (nSPS) is 12.7. The lowest BCUT2D eigenvalue weighted by Gasteiger charge is -2.11. The molecule has 96 valence electrons. The fourth-order valence-electron chi connectivity index (χ4n) is 1.67. The lowest BCUT2D eigenvalue weighted by molar-refractivity contribution is 0.178. The molecular formula is C13H13ClFNOS. The van der Waals surface area contributed by atoms with Crippen molar-refractivity contribution < 1.29 is 9.50 Å². The zero-order valence-corrected chi connectivity index (χ0v) is 11.6. The van der Waals surface area contributed by atoms with E-state index in [0.717, 1.165) is 15.6 Å². The molecule has 1 N–H and O–H groups in total. The number of aliphatic hydroxyl groups excluding tert-OH is 1. The highest BCUT2D eigenvalue weighted by Crippen LogP contribution is 2.28. The third-order valence-electron chi connectivity index (χ3n) is 2.76. The smallest absolute Gasteiger partial charge is 0.124 e. The Morgan fingerprint density at radius 2 is 2.17 bits per heavy atom. The summed E-state index contributed by atoms with van der Waals surface area (Å²) < 4.78 is 12.9. The Hall–Kier alpha value is -0.970. The van der Waals surface area contributed by atoms with Gasteiger partial charge in [-0.05, 0) is 31.5 Å². The van der Waals surface area contributed by atoms with Crippen LogP contribution in [0.15, 0.2) is 18.2 Å². The molecule has 0 aliphatic rings. The van der Waals surface area contributed by atoms with Crippen LogP contribution in [0, 0.1) is 19.7 Å². The molecule has 2 aromatic rings. The second-order valence-electron chi connectivity index (χ2n) is 4.13. The van der Waals surface area contributed by atoms with Gasteiger partial charge in [0.15, 0.2) is 0 Å². The number of aromatic nitrogens is 1. The molecule has 18 heavy (non-hydrogen) atoms. The summed E-state index contributed by atoms with van der Waals surface area (Å²) in [6.07, 6.45) is -0.368. The van der Waals surface area contributed by atoms with Crippen molar-refractivity contribution in [2.75, 3.05) is 0 Å². The SMILES string of the molecule is Cc1nc(CC(O)c2ccc(F)cc2Cl)sc1C. The summed E-state index contributed by atoms with van der Waals surface area (Å²) in [7, 11) is 0. The van der Waals surface area contributed by atoms with Gasteiger partial charge in [-0.2, -0.15) is 0 Å². The number of rotatable bonds is 3. The fourth-order valence-corrected chi connectivity index (χ4v) is 2.94. The van der Waals surface area contributed by atoms with Gasteiger partial charge in [-0.1, -0.05) is 17.7 Å². The summed E-state index contributed by atoms with van der Waals surface area (Å²) in [5, 5.41) is 11.2. The van der Waals surface area contributed by atoms with E-state index in [9.17, 15) is 9.50 Å². The maximum Gasteiger partial charge on any atom is 0.124 e. The molecule has 1 aromatic carbocycles. The second-order valence-corrected chi connectivity index (χ2v) is 5.83. The average molecular weight is 286 g/mol. The molecule has 0 saturated heterocycles. The first-order valence-corrected chi connectivity index (χ1v) is 6.72. The minimum Gasteiger partial charge on any atom is -0.388 e. The van der Waals surface area contributed by atoms with Gasteiger partial charge in [-0.3, -0.25) is 0 Å². The molecule has 1 unspecified atom stereocenters. The fraction of sp³-hybridized carbons (Fsp3) is 0.308. The van der Waals surface area contributed by atoms with E-state index >= 15 is 0 Å². The largest absolute Gasteiger partial charge is 0.388 e. The third kappa shape index (κ3) is 2.88. The van der Waals surface area contributed by atoms with Crippen LogP contribution in [-0.2, 0) is 6.42 Å². The van der Waals surface area contributed by atoms with Crippen molar-refractivity contribution in [1.82, 2.24) is 4.98 Å². The van der Waals surface area contributed by atoms with E-state index < -0.39 is 11.9 Å². The molecule has 0 fully saturated rings. The molecule has 1 aromatic heterocycles. The molecule has 5 heteroatoms. The van der Waals surface area contributed by atoms with E-state index in [1.54, 1.807) is 11.3 Å². The highest BCUT2D eigenvalue weighted by atomic mass is 35.5. The summed E-state index contributed by atoms with van der Waals surface area (Å²) in [5.74, 6) is -0.406. The maximum absolute atomic E-state index is 12.9. The number of hydrogen-bond donors (Lipinski definition) is 1. The molecule has 1 heterocycles. The van der Waals surface area contributed by atoms with Crippen LogP contribution in [0.25, 0.3) is 0 Å². The zero-order valence-electron chi connectivity index (χ0n) is 10.1. The molecule has 0 saturated carbocycles. The van der Waals surface area contributed by atoms with Gasteiger partial charge in [0.2, 0.25) is 0 Å². The Morgan fingerprint density at radius 1 is 1.44 bits per heavy atom. The second kappa shape index (κ2) is 5.34. The highest BCUT2D eigenvalue weighted by molar-refractivity contribution is 7.11. The van der Waals surface area contributed by atoms with Gasteiger partial charge in [-0.25, -0.2) is 9.37 Å². The topological polar surface area (TPSA) is 33.1 Å². The number of hydrogen-bond acceptors (Lipinski definition) is 3. The van der Waals surface area contributed by atoms with Crippen molar-refractivity contribution in [3.05, 3.63) is 50.2 Å². The molecular weight excluding hydrogens is 273 g/mol. The zero-order chi connectivity index (χ0) is 13.3. The first-order valence-electron chi connectivity index (χ1n) is 5.53. The third-order valence-corrected chi connectivity index (χ3v) is 4.18. The molecule has 1 atom stereocenters. The number of thiazole rings is 1. The maximum atomic E-state index is 12.9. The van der Waals surface area contributed by atoms with E-state index in [4.69, 9.17) is 11.6 Å². The van der Waals surface area contributed by atoms with E-state index in [0.29, 0.717) is 12.0 Å².